The topological polar surface area (TPSA) is 95.2 Å². The first kappa shape index (κ1) is 15.1. The summed E-state index contributed by atoms with van der Waals surface area (Å²) in [6.45, 7) is 2.48. The number of aryl methyl sites for hydroxylation is 1. The number of nitrogens with one attached hydrogen (secondary N) is 1. The van der Waals surface area contributed by atoms with E-state index in [2.05, 4.69) is 10.2 Å². The minimum atomic E-state index is -0.277. The summed E-state index contributed by atoms with van der Waals surface area (Å²) >= 11 is 0. The third kappa shape index (κ3) is 3.41. The number of hydrogen-bond acceptors (Lipinski definition) is 4. The zero-order chi connectivity index (χ0) is 15.2. The maximum atomic E-state index is 12.5. The lowest BCUT2D eigenvalue weighted by atomic mass is 10.2. The number of H-pyrrole nitrogens is 1. The first-order chi connectivity index (χ1) is 10.2. The smallest absolute Gasteiger partial charge is 0.276 e. The number of hydrogen-bond donors (Lipinski definition) is 3. The second kappa shape index (κ2) is 6.90. The van der Waals surface area contributed by atoms with Crippen molar-refractivity contribution >= 4 is 11.6 Å². The highest BCUT2D eigenvalue weighted by atomic mass is 16.3. The van der Waals surface area contributed by atoms with Crippen molar-refractivity contribution in [1.82, 2.24) is 15.1 Å². The van der Waals surface area contributed by atoms with Gasteiger partial charge >= 0.3 is 0 Å². The maximum absolute atomic E-state index is 12.5. The molecule has 2 aromatic rings. The van der Waals surface area contributed by atoms with Gasteiger partial charge in [-0.25, -0.2) is 0 Å². The Hall–Kier alpha value is -2.34. The average Bonchev–Trinajstić information content (AvgIpc) is 2.88. The van der Waals surface area contributed by atoms with Crippen LogP contribution in [0.5, 0.6) is 0 Å². The van der Waals surface area contributed by atoms with Gasteiger partial charge in [0, 0.05) is 13.1 Å². The molecule has 0 saturated carbocycles. The number of nitrogen functional groups attached to an aromatic ring is 1. The quantitative estimate of drug-likeness (QED) is 0.744. The van der Waals surface area contributed by atoms with Crippen LogP contribution in [0.1, 0.15) is 28.7 Å². The van der Waals surface area contributed by atoms with Gasteiger partial charge in [0.05, 0.1) is 18.0 Å². The van der Waals surface area contributed by atoms with Gasteiger partial charge in [0.15, 0.2) is 5.69 Å². The molecule has 4 N–H and O–H groups in total. The Balaban J connectivity index is 2.20. The first-order valence-electron chi connectivity index (χ1n) is 6.94. The van der Waals surface area contributed by atoms with E-state index in [0.717, 1.165) is 11.3 Å². The van der Waals surface area contributed by atoms with Gasteiger partial charge in [-0.3, -0.25) is 9.89 Å². The zero-order valence-corrected chi connectivity index (χ0v) is 12.0. The van der Waals surface area contributed by atoms with Crippen molar-refractivity contribution < 1.29 is 9.90 Å². The van der Waals surface area contributed by atoms with Crippen molar-refractivity contribution in [3.63, 3.8) is 0 Å². The molecular formula is C15H20N4O2. The number of aliphatic hydroxyl groups is 1. The van der Waals surface area contributed by atoms with Crippen LogP contribution in [0.4, 0.5) is 5.69 Å². The van der Waals surface area contributed by atoms with Crippen LogP contribution in [0.3, 0.4) is 0 Å². The third-order valence-electron chi connectivity index (χ3n) is 3.31. The highest BCUT2D eigenvalue weighted by Gasteiger charge is 2.22. The molecule has 21 heavy (non-hydrogen) atoms. The number of nitrogens with zero attached hydrogens (tertiary/aromatic N) is 2. The number of aromatic amines is 1. The van der Waals surface area contributed by atoms with Gasteiger partial charge < -0.3 is 15.7 Å². The number of nitrogens with two attached hydrogens (primary N) is 1. The lowest BCUT2D eigenvalue weighted by Gasteiger charge is -2.21. The van der Waals surface area contributed by atoms with E-state index in [1.54, 1.807) is 4.90 Å². The second-order valence-corrected chi connectivity index (χ2v) is 4.75. The number of anilines is 1. The monoisotopic (exact) mass is 288 g/mol. The normalized spacial score (nSPS) is 10.6. The van der Waals surface area contributed by atoms with Crippen molar-refractivity contribution in [2.45, 2.75) is 19.9 Å². The third-order valence-corrected chi connectivity index (χ3v) is 3.31. The summed E-state index contributed by atoms with van der Waals surface area (Å²) in [6.07, 6.45) is 0.685. The van der Waals surface area contributed by atoms with Crippen LogP contribution in [0.15, 0.2) is 30.3 Å². The molecule has 0 aliphatic carbocycles. The van der Waals surface area contributed by atoms with E-state index < -0.39 is 0 Å². The molecule has 2 rings (SSSR count). The van der Waals surface area contributed by atoms with Gasteiger partial charge in [-0.1, -0.05) is 37.3 Å². The summed E-state index contributed by atoms with van der Waals surface area (Å²) in [5.41, 5.74) is 8.29. The summed E-state index contributed by atoms with van der Waals surface area (Å²) in [5, 5.41) is 16.0. The van der Waals surface area contributed by atoms with Crippen LogP contribution in [-0.2, 0) is 13.0 Å². The van der Waals surface area contributed by atoms with Crippen LogP contribution >= 0.6 is 0 Å². The number of rotatable bonds is 6. The molecule has 0 fully saturated rings. The standard InChI is InChI=1S/C15H20N4O2/c1-2-12-13(16)14(18-17-12)15(21)19(8-9-20)10-11-6-4-3-5-7-11/h3-7,20H,2,8-10,16H2,1H3,(H,17,18). The van der Waals surface area contributed by atoms with Crippen LogP contribution < -0.4 is 5.73 Å². The lowest BCUT2D eigenvalue weighted by Crippen LogP contribution is -2.33. The molecule has 112 valence electrons. The predicted molar refractivity (Wildman–Crippen MR) is 80.6 cm³/mol. The SMILES string of the molecule is CCc1[nH]nc(C(=O)N(CCO)Cc2ccccc2)c1N. The second-order valence-electron chi connectivity index (χ2n) is 4.75. The number of aromatic nitrogens is 2. The Labute approximate surface area is 123 Å². The number of benzene rings is 1. The van der Waals surface area contributed by atoms with Crippen molar-refractivity contribution in [3.8, 4) is 0 Å². The van der Waals surface area contributed by atoms with Crippen LogP contribution in [0.2, 0.25) is 0 Å². The van der Waals surface area contributed by atoms with Crippen molar-refractivity contribution in [2.24, 2.45) is 0 Å². The minimum absolute atomic E-state index is 0.108. The van der Waals surface area contributed by atoms with E-state index in [1.807, 2.05) is 37.3 Å². The molecule has 0 radical (unpaired) electrons. The van der Waals surface area contributed by atoms with Crippen LogP contribution in [0.25, 0.3) is 0 Å². The molecule has 0 bridgehead atoms. The van der Waals surface area contributed by atoms with Crippen LogP contribution in [0, 0.1) is 0 Å². The number of amides is 1. The molecule has 0 aliphatic heterocycles. The average molecular weight is 288 g/mol. The molecule has 0 saturated heterocycles. The van der Waals surface area contributed by atoms with E-state index >= 15 is 0 Å². The van der Waals surface area contributed by atoms with Gasteiger partial charge in [0.1, 0.15) is 0 Å². The van der Waals surface area contributed by atoms with Gasteiger partial charge in [-0.05, 0) is 12.0 Å². The number of carbonyl (C=O) groups excluding carboxylic acids is 1. The maximum Gasteiger partial charge on any atom is 0.276 e. The van der Waals surface area contributed by atoms with Crippen molar-refractivity contribution in [3.05, 3.63) is 47.3 Å². The summed E-state index contributed by atoms with van der Waals surface area (Å²) in [4.78, 5) is 14.1. The van der Waals surface area contributed by atoms with Gasteiger partial charge in [-0.15, -0.1) is 0 Å². The predicted octanol–water partition coefficient (Wildman–Crippen LogP) is 1.19. The highest BCUT2D eigenvalue weighted by Crippen LogP contribution is 2.17. The van der Waals surface area contributed by atoms with E-state index in [0.29, 0.717) is 18.7 Å². The Morgan fingerprint density at radius 1 is 1.38 bits per heavy atom. The molecule has 1 heterocycles. The minimum Gasteiger partial charge on any atom is -0.395 e. The Kier molecular flexibility index (Phi) is 4.94. The molecule has 1 aromatic heterocycles. The summed E-state index contributed by atoms with van der Waals surface area (Å²) in [6, 6.07) is 9.61. The molecule has 0 spiro atoms. The summed E-state index contributed by atoms with van der Waals surface area (Å²) in [5.74, 6) is -0.277. The fourth-order valence-corrected chi connectivity index (χ4v) is 2.15. The molecule has 0 unspecified atom stereocenters. The van der Waals surface area contributed by atoms with E-state index in [9.17, 15) is 9.90 Å². The Morgan fingerprint density at radius 2 is 2.10 bits per heavy atom. The van der Waals surface area contributed by atoms with E-state index in [4.69, 9.17) is 5.73 Å². The van der Waals surface area contributed by atoms with Gasteiger partial charge in [-0.2, -0.15) is 5.10 Å². The molecule has 0 aliphatic rings. The Morgan fingerprint density at radius 3 is 2.67 bits per heavy atom. The highest BCUT2D eigenvalue weighted by molar-refractivity contribution is 5.97. The molecule has 6 heteroatoms. The first-order valence-corrected chi connectivity index (χ1v) is 6.94. The van der Waals surface area contributed by atoms with E-state index in [-0.39, 0.29) is 24.8 Å². The Bertz CT molecular complexity index is 595. The van der Waals surface area contributed by atoms with Crippen LogP contribution in [-0.4, -0.2) is 39.3 Å². The van der Waals surface area contributed by atoms with Crippen molar-refractivity contribution in [1.29, 1.82) is 0 Å². The summed E-state index contributed by atoms with van der Waals surface area (Å²) in [7, 11) is 0. The van der Waals surface area contributed by atoms with Crippen molar-refractivity contribution in [2.75, 3.05) is 18.9 Å². The molecule has 1 aromatic carbocycles. The largest absolute Gasteiger partial charge is 0.395 e. The zero-order valence-electron chi connectivity index (χ0n) is 12.0. The molecule has 1 amide bonds. The fraction of sp³-hybridized carbons (Fsp3) is 0.333. The molecular weight excluding hydrogens is 268 g/mol. The van der Waals surface area contributed by atoms with Gasteiger partial charge in [0.25, 0.3) is 5.91 Å². The van der Waals surface area contributed by atoms with Gasteiger partial charge in [0.2, 0.25) is 0 Å². The van der Waals surface area contributed by atoms with E-state index in [1.165, 1.54) is 0 Å². The number of carbonyl (C=O) groups is 1. The number of aliphatic hydroxyl groups excluding tert-OH is 1. The molecule has 0 atom stereocenters. The molecule has 6 nitrogen and oxygen atoms in total. The lowest BCUT2D eigenvalue weighted by molar-refractivity contribution is 0.0703. The fourth-order valence-electron chi connectivity index (χ4n) is 2.15. The summed E-state index contributed by atoms with van der Waals surface area (Å²) < 4.78 is 0.